The minimum atomic E-state index is 0.206. The zero-order valence-corrected chi connectivity index (χ0v) is 15.5. The van der Waals surface area contributed by atoms with Crippen molar-refractivity contribution in [1.29, 1.82) is 0 Å². The lowest BCUT2D eigenvalue weighted by Gasteiger charge is -2.36. The van der Waals surface area contributed by atoms with E-state index < -0.39 is 0 Å². The van der Waals surface area contributed by atoms with E-state index in [1.165, 1.54) is 29.5 Å². The van der Waals surface area contributed by atoms with Crippen LogP contribution < -0.4 is 5.32 Å². The number of aryl methyl sites for hydroxylation is 2. The highest BCUT2D eigenvalue weighted by atomic mass is 16.1. The van der Waals surface area contributed by atoms with E-state index in [0.717, 1.165) is 19.4 Å². The molecule has 3 atom stereocenters. The number of hydrogen-bond acceptors (Lipinski definition) is 1. The molecule has 1 N–H and O–H groups in total. The van der Waals surface area contributed by atoms with Crippen LogP contribution in [0.4, 0.5) is 0 Å². The molecule has 1 saturated carbocycles. The van der Waals surface area contributed by atoms with Crippen molar-refractivity contribution < 1.29 is 4.79 Å². The van der Waals surface area contributed by atoms with Crippen LogP contribution >= 0.6 is 0 Å². The SMILES string of the molecule is Cc1ccc(CCNC(=O)[C@@H]2C[C@H](C)CC[C@H]2C(C)C)c(C)c1. The molecule has 0 unspecified atom stereocenters. The molecule has 1 aromatic rings. The highest BCUT2D eigenvalue weighted by molar-refractivity contribution is 5.79. The van der Waals surface area contributed by atoms with E-state index in [2.05, 4.69) is 58.1 Å². The topological polar surface area (TPSA) is 29.1 Å². The van der Waals surface area contributed by atoms with Gasteiger partial charge in [0.1, 0.15) is 0 Å². The summed E-state index contributed by atoms with van der Waals surface area (Å²) in [6, 6.07) is 6.56. The number of rotatable bonds is 5. The fourth-order valence-corrected chi connectivity index (χ4v) is 4.08. The first-order chi connectivity index (χ1) is 10.9. The second kappa shape index (κ2) is 7.99. The van der Waals surface area contributed by atoms with Crippen LogP contribution in [0.25, 0.3) is 0 Å². The van der Waals surface area contributed by atoms with Crippen molar-refractivity contribution in [3.05, 3.63) is 34.9 Å². The first-order valence-electron chi connectivity index (χ1n) is 9.22. The maximum atomic E-state index is 12.7. The fourth-order valence-electron chi connectivity index (χ4n) is 4.08. The zero-order valence-electron chi connectivity index (χ0n) is 15.5. The molecule has 128 valence electrons. The lowest BCUT2D eigenvalue weighted by molar-refractivity contribution is -0.129. The molecule has 0 aromatic heterocycles. The van der Waals surface area contributed by atoms with Gasteiger partial charge >= 0.3 is 0 Å². The number of benzene rings is 1. The van der Waals surface area contributed by atoms with Gasteiger partial charge in [-0.3, -0.25) is 4.79 Å². The Hall–Kier alpha value is -1.31. The molecule has 1 amide bonds. The molecule has 0 radical (unpaired) electrons. The molecular formula is C21H33NO. The molecule has 0 saturated heterocycles. The van der Waals surface area contributed by atoms with Gasteiger partial charge in [0.05, 0.1) is 0 Å². The third-order valence-electron chi connectivity index (χ3n) is 5.55. The Morgan fingerprint density at radius 2 is 2.00 bits per heavy atom. The first-order valence-corrected chi connectivity index (χ1v) is 9.22. The lowest BCUT2D eigenvalue weighted by atomic mass is 9.70. The molecule has 1 aliphatic carbocycles. The van der Waals surface area contributed by atoms with E-state index >= 15 is 0 Å². The molecule has 0 bridgehead atoms. The minimum absolute atomic E-state index is 0.206. The molecule has 1 fully saturated rings. The Balaban J connectivity index is 1.90. The van der Waals surface area contributed by atoms with Gasteiger partial charge in [0.25, 0.3) is 0 Å². The van der Waals surface area contributed by atoms with Crippen LogP contribution in [0.2, 0.25) is 0 Å². The molecule has 2 rings (SSSR count). The molecule has 0 aliphatic heterocycles. The van der Waals surface area contributed by atoms with Crippen LogP contribution in [-0.2, 0) is 11.2 Å². The Morgan fingerprint density at radius 1 is 1.26 bits per heavy atom. The molecule has 1 aromatic carbocycles. The number of carbonyl (C=O) groups excluding carboxylic acids is 1. The van der Waals surface area contributed by atoms with Gasteiger partial charge in [-0.05, 0) is 62.0 Å². The van der Waals surface area contributed by atoms with Crippen molar-refractivity contribution >= 4 is 5.91 Å². The van der Waals surface area contributed by atoms with Crippen LogP contribution in [0, 0.1) is 37.5 Å². The first kappa shape index (κ1) is 18.0. The predicted octanol–water partition coefficient (Wildman–Crippen LogP) is 4.67. The smallest absolute Gasteiger partial charge is 0.223 e. The van der Waals surface area contributed by atoms with Crippen molar-refractivity contribution in [2.24, 2.45) is 23.7 Å². The Bertz CT molecular complexity index is 535. The summed E-state index contributed by atoms with van der Waals surface area (Å²) in [4.78, 5) is 12.7. The summed E-state index contributed by atoms with van der Waals surface area (Å²) >= 11 is 0. The summed E-state index contributed by atoms with van der Waals surface area (Å²) in [5, 5.41) is 3.21. The standard InChI is InChI=1S/C21H33NO/c1-14(2)19-9-7-16(4)13-20(19)21(23)22-11-10-18-8-6-15(3)12-17(18)5/h6,8,12,14,16,19-20H,7,9-11,13H2,1-5H3,(H,22,23)/t16-,19+,20-/m1/s1. The number of carbonyl (C=O) groups is 1. The van der Waals surface area contributed by atoms with E-state index in [9.17, 15) is 4.79 Å². The van der Waals surface area contributed by atoms with Gasteiger partial charge in [-0.25, -0.2) is 0 Å². The monoisotopic (exact) mass is 315 g/mol. The van der Waals surface area contributed by atoms with E-state index in [0.29, 0.717) is 17.8 Å². The van der Waals surface area contributed by atoms with Gasteiger partial charge < -0.3 is 5.32 Å². The third kappa shape index (κ3) is 4.83. The maximum absolute atomic E-state index is 12.7. The summed E-state index contributed by atoms with van der Waals surface area (Å²) in [5.41, 5.74) is 3.96. The summed E-state index contributed by atoms with van der Waals surface area (Å²) in [6.45, 7) is 11.8. The lowest BCUT2D eigenvalue weighted by Crippen LogP contribution is -2.40. The molecule has 1 aliphatic rings. The van der Waals surface area contributed by atoms with Crippen molar-refractivity contribution in [2.45, 2.75) is 60.3 Å². The van der Waals surface area contributed by atoms with Gasteiger partial charge in [0.15, 0.2) is 0 Å². The highest BCUT2D eigenvalue weighted by Crippen LogP contribution is 2.38. The van der Waals surface area contributed by atoms with Crippen molar-refractivity contribution in [3.63, 3.8) is 0 Å². The zero-order chi connectivity index (χ0) is 17.0. The van der Waals surface area contributed by atoms with Gasteiger partial charge in [-0.1, -0.05) is 51.0 Å². The van der Waals surface area contributed by atoms with Crippen LogP contribution in [0.3, 0.4) is 0 Å². The average Bonchev–Trinajstić information content (AvgIpc) is 2.48. The normalized spacial score (nSPS) is 24.7. The Kier molecular flexibility index (Phi) is 6.26. The fraction of sp³-hybridized carbons (Fsp3) is 0.667. The van der Waals surface area contributed by atoms with Crippen molar-refractivity contribution in [2.75, 3.05) is 6.54 Å². The van der Waals surface area contributed by atoms with Crippen molar-refractivity contribution in [3.8, 4) is 0 Å². The largest absolute Gasteiger partial charge is 0.356 e. The second-order valence-electron chi connectivity index (χ2n) is 7.90. The third-order valence-corrected chi connectivity index (χ3v) is 5.55. The Labute approximate surface area is 142 Å². The van der Waals surface area contributed by atoms with Gasteiger partial charge in [-0.15, -0.1) is 0 Å². The summed E-state index contributed by atoms with van der Waals surface area (Å²) in [7, 11) is 0. The van der Waals surface area contributed by atoms with Crippen LogP contribution in [0.5, 0.6) is 0 Å². The molecule has 2 heteroatoms. The van der Waals surface area contributed by atoms with E-state index in [4.69, 9.17) is 0 Å². The predicted molar refractivity (Wildman–Crippen MR) is 97.5 cm³/mol. The number of nitrogens with one attached hydrogen (secondary N) is 1. The highest BCUT2D eigenvalue weighted by Gasteiger charge is 2.35. The molecular weight excluding hydrogens is 282 g/mol. The second-order valence-corrected chi connectivity index (χ2v) is 7.90. The molecule has 0 heterocycles. The summed E-state index contributed by atoms with van der Waals surface area (Å²) in [5.74, 6) is 2.31. The van der Waals surface area contributed by atoms with Gasteiger partial charge in [0, 0.05) is 12.5 Å². The van der Waals surface area contributed by atoms with Crippen LogP contribution in [0.15, 0.2) is 18.2 Å². The summed E-state index contributed by atoms with van der Waals surface area (Å²) < 4.78 is 0. The molecule has 23 heavy (non-hydrogen) atoms. The quantitative estimate of drug-likeness (QED) is 0.840. The maximum Gasteiger partial charge on any atom is 0.223 e. The van der Waals surface area contributed by atoms with Crippen LogP contribution in [-0.4, -0.2) is 12.5 Å². The minimum Gasteiger partial charge on any atom is -0.356 e. The van der Waals surface area contributed by atoms with Crippen molar-refractivity contribution in [1.82, 2.24) is 5.32 Å². The van der Waals surface area contributed by atoms with E-state index in [-0.39, 0.29) is 11.8 Å². The summed E-state index contributed by atoms with van der Waals surface area (Å²) in [6.07, 6.45) is 4.45. The molecule has 0 spiro atoms. The van der Waals surface area contributed by atoms with E-state index in [1.807, 2.05) is 0 Å². The number of hydrogen-bond donors (Lipinski definition) is 1. The Morgan fingerprint density at radius 3 is 2.65 bits per heavy atom. The molecule has 2 nitrogen and oxygen atoms in total. The number of amides is 1. The van der Waals surface area contributed by atoms with Gasteiger partial charge in [-0.2, -0.15) is 0 Å². The average molecular weight is 316 g/mol. The van der Waals surface area contributed by atoms with Gasteiger partial charge in [0.2, 0.25) is 5.91 Å². The van der Waals surface area contributed by atoms with E-state index in [1.54, 1.807) is 0 Å². The van der Waals surface area contributed by atoms with Crippen LogP contribution in [0.1, 0.15) is 56.7 Å².